The lowest BCUT2D eigenvalue weighted by atomic mass is 10.1. The van der Waals surface area contributed by atoms with Crippen molar-refractivity contribution in [3.8, 4) is 0 Å². The Hall–Kier alpha value is -2.05. The summed E-state index contributed by atoms with van der Waals surface area (Å²) in [5, 5.41) is 9.90. The van der Waals surface area contributed by atoms with E-state index in [1.807, 2.05) is 34.6 Å². The first kappa shape index (κ1) is 17.3. The summed E-state index contributed by atoms with van der Waals surface area (Å²) in [6.07, 6.45) is 0.275. The maximum atomic E-state index is 12.3. The summed E-state index contributed by atoms with van der Waals surface area (Å²) < 4.78 is 5.40. The zero-order valence-corrected chi connectivity index (χ0v) is 14.5. The first-order valence-electron chi connectivity index (χ1n) is 7.99. The molecule has 0 spiro atoms. The number of hydrogen-bond donors (Lipinski definition) is 2. The summed E-state index contributed by atoms with van der Waals surface area (Å²) in [5.74, 6) is 0.161. The second-order valence-electron chi connectivity index (χ2n) is 7.29. The van der Waals surface area contributed by atoms with Crippen LogP contribution in [0, 0.1) is 5.92 Å². The smallest absolute Gasteiger partial charge is 0.410 e. The van der Waals surface area contributed by atoms with Gasteiger partial charge in [0.2, 0.25) is 0 Å². The van der Waals surface area contributed by atoms with Crippen molar-refractivity contribution in [2.75, 3.05) is 13.1 Å². The van der Waals surface area contributed by atoms with Gasteiger partial charge in [-0.1, -0.05) is 13.8 Å². The fourth-order valence-corrected chi connectivity index (χ4v) is 2.35. The Balaban J connectivity index is 2.09. The molecule has 0 atom stereocenters. The summed E-state index contributed by atoms with van der Waals surface area (Å²) in [5.41, 5.74) is 1.53. The van der Waals surface area contributed by atoms with Crippen molar-refractivity contribution in [2.24, 2.45) is 5.92 Å². The van der Waals surface area contributed by atoms with Gasteiger partial charge < -0.3 is 15.0 Å². The lowest BCUT2D eigenvalue weighted by Gasteiger charge is -2.30. The first-order chi connectivity index (χ1) is 10.7. The molecule has 0 aliphatic carbocycles. The summed E-state index contributed by atoms with van der Waals surface area (Å²) in [6.45, 7) is 11.1. The molecular formula is C16H26N4O3. The molecule has 0 fully saturated rings. The molecule has 0 aromatic carbocycles. The zero-order valence-electron chi connectivity index (χ0n) is 14.5. The topological polar surface area (TPSA) is 87.3 Å². The molecule has 23 heavy (non-hydrogen) atoms. The molecule has 1 aliphatic heterocycles. The fraction of sp³-hybridized carbons (Fsp3) is 0.688. The van der Waals surface area contributed by atoms with Crippen LogP contribution in [-0.4, -0.2) is 45.8 Å². The van der Waals surface area contributed by atoms with Crippen molar-refractivity contribution >= 4 is 12.0 Å². The van der Waals surface area contributed by atoms with Crippen LogP contribution in [0.15, 0.2) is 0 Å². The van der Waals surface area contributed by atoms with Crippen LogP contribution in [0.5, 0.6) is 0 Å². The Bertz CT molecular complexity index is 587. The van der Waals surface area contributed by atoms with Crippen LogP contribution in [0.1, 0.15) is 56.4 Å². The van der Waals surface area contributed by atoms with Crippen LogP contribution < -0.4 is 5.32 Å². The third-order valence-corrected chi connectivity index (χ3v) is 3.47. The predicted octanol–water partition coefficient (Wildman–Crippen LogP) is 2.09. The molecule has 0 saturated carbocycles. The Morgan fingerprint density at radius 3 is 2.70 bits per heavy atom. The molecule has 1 aliphatic rings. The molecule has 1 aromatic rings. The molecule has 2 N–H and O–H groups in total. The number of carbonyl (C=O) groups excluding carboxylic acids is 2. The van der Waals surface area contributed by atoms with Gasteiger partial charge in [0.15, 0.2) is 5.69 Å². The average molecular weight is 322 g/mol. The Kier molecular flexibility index (Phi) is 4.97. The molecule has 2 amide bonds. The number of nitrogens with one attached hydrogen (secondary N) is 2. The van der Waals surface area contributed by atoms with Crippen LogP contribution in [0.4, 0.5) is 4.79 Å². The molecular weight excluding hydrogens is 296 g/mol. The third-order valence-electron chi connectivity index (χ3n) is 3.47. The number of fused-ring (bicyclic) bond motifs is 1. The number of nitrogens with zero attached hydrogens (tertiary/aromatic N) is 2. The molecule has 0 bridgehead atoms. The lowest BCUT2D eigenvalue weighted by molar-refractivity contribution is 0.0222. The van der Waals surface area contributed by atoms with Gasteiger partial charge in [-0.15, -0.1) is 0 Å². The number of carbonyl (C=O) groups is 2. The Morgan fingerprint density at radius 2 is 2.09 bits per heavy atom. The minimum atomic E-state index is -0.536. The van der Waals surface area contributed by atoms with E-state index >= 15 is 0 Å². The summed E-state index contributed by atoms with van der Waals surface area (Å²) in [6, 6.07) is 0. The second-order valence-corrected chi connectivity index (χ2v) is 7.29. The largest absolute Gasteiger partial charge is 0.444 e. The first-order valence-corrected chi connectivity index (χ1v) is 7.99. The van der Waals surface area contributed by atoms with Crippen LogP contribution in [0.25, 0.3) is 0 Å². The van der Waals surface area contributed by atoms with E-state index < -0.39 is 5.60 Å². The van der Waals surface area contributed by atoms with Crippen molar-refractivity contribution in [1.29, 1.82) is 0 Å². The maximum absolute atomic E-state index is 12.3. The van der Waals surface area contributed by atoms with Crippen LogP contribution in [0.2, 0.25) is 0 Å². The van der Waals surface area contributed by atoms with Crippen molar-refractivity contribution in [3.63, 3.8) is 0 Å². The number of aromatic amines is 1. The minimum Gasteiger partial charge on any atom is -0.444 e. The van der Waals surface area contributed by atoms with Gasteiger partial charge in [0.1, 0.15) is 5.60 Å². The van der Waals surface area contributed by atoms with Crippen molar-refractivity contribution in [1.82, 2.24) is 20.4 Å². The van der Waals surface area contributed by atoms with Gasteiger partial charge in [0, 0.05) is 30.8 Å². The zero-order chi connectivity index (χ0) is 17.2. The lowest BCUT2D eigenvalue weighted by Crippen LogP contribution is -2.40. The van der Waals surface area contributed by atoms with Crippen molar-refractivity contribution in [3.05, 3.63) is 17.0 Å². The van der Waals surface area contributed by atoms with Gasteiger partial charge in [-0.2, -0.15) is 5.10 Å². The molecule has 128 valence electrons. The minimum absolute atomic E-state index is 0.206. The van der Waals surface area contributed by atoms with Gasteiger partial charge in [-0.25, -0.2) is 4.79 Å². The van der Waals surface area contributed by atoms with Gasteiger partial charge in [0.05, 0.1) is 6.54 Å². The highest BCUT2D eigenvalue weighted by Crippen LogP contribution is 2.22. The fourth-order valence-electron chi connectivity index (χ4n) is 2.35. The second kappa shape index (κ2) is 6.60. The third kappa shape index (κ3) is 4.46. The summed E-state index contributed by atoms with van der Waals surface area (Å²) in [4.78, 5) is 26.1. The molecule has 7 nitrogen and oxygen atoms in total. The van der Waals surface area contributed by atoms with E-state index in [1.165, 1.54) is 0 Å². The van der Waals surface area contributed by atoms with Crippen LogP contribution in [-0.2, 0) is 17.7 Å². The predicted molar refractivity (Wildman–Crippen MR) is 86.1 cm³/mol. The standard InChI is InChI=1S/C16H26N4O3/c1-10(2)8-17-14(21)13-11-9-20(7-6-12(11)18-19-13)15(22)23-16(3,4)5/h10H,6-9H2,1-5H3,(H,17,21)(H,18,19). The van der Waals surface area contributed by atoms with E-state index in [4.69, 9.17) is 4.74 Å². The number of aromatic nitrogens is 2. The molecule has 2 rings (SSSR count). The number of H-pyrrole nitrogens is 1. The van der Waals surface area contributed by atoms with E-state index in [9.17, 15) is 9.59 Å². The van der Waals surface area contributed by atoms with Crippen molar-refractivity contribution < 1.29 is 14.3 Å². The van der Waals surface area contributed by atoms with E-state index in [2.05, 4.69) is 15.5 Å². The average Bonchev–Trinajstić information content (AvgIpc) is 2.85. The van der Waals surface area contributed by atoms with Gasteiger partial charge in [-0.05, 0) is 26.7 Å². The van der Waals surface area contributed by atoms with Crippen LogP contribution >= 0.6 is 0 Å². The quantitative estimate of drug-likeness (QED) is 0.892. The van der Waals surface area contributed by atoms with Crippen LogP contribution in [0.3, 0.4) is 0 Å². The molecule has 0 unspecified atom stereocenters. The molecule has 7 heteroatoms. The molecule has 1 aromatic heterocycles. The SMILES string of the molecule is CC(C)CNC(=O)c1n[nH]c2c1CN(C(=O)OC(C)(C)C)CC2. The van der Waals surface area contributed by atoms with Gasteiger partial charge >= 0.3 is 6.09 Å². The maximum Gasteiger partial charge on any atom is 0.410 e. The number of hydrogen-bond acceptors (Lipinski definition) is 4. The number of amides is 2. The number of rotatable bonds is 3. The summed E-state index contributed by atoms with van der Waals surface area (Å²) in [7, 11) is 0. The monoisotopic (exact) mass is 322 g/mol. The molecule has 0 radical (unpaired) electrons. The highest BCUT2D eigenvalue weighted by molar-refractivity contribution is 5.94. The molecule has 0 saturated heterocycles. The van der Waals surface area contributed by atoms with E-state index in [-0.39, 0.29) is 12.0 Å². The normalized spacial score (nSPS) is 14.6. The van der Waals surface area contributed by atoms with E-state index in [0.29, 0.717) is 37.7 Å². The Morgan fingerprint density at radius 1 is 1.39 bits per heavy atom. The summed E-state index contributed by atoms with van der Waals surface area (Å²) >= 11 is 0. The van der Waals surface area contributed by atoms with Crippen molar-refractivity contribution in [2.45, 2.75) is 53.2 Å². The highest BCUT2D eigenvalue weighted by atomic mass is 16.6. The van der Waals surface area contributed by atoms with E-state index in [0.717, 1.165) is 11.3 Å². The van der Waals surface area contributed by atoms with Gasteiger partial charge in [0.25, 0.3) is 5.91 Å². The molecule has 2 heterocycles. The van der Waals surface area contributed by atoms with E-state index in [1.54, 1.807) is 4.90 Å². The highest BCUT2D eigenvalue weighted by Gasteiger charge is 2.30. The van der Waals surface area contributed by atoms with Gasteiger partial charge in [-0.3, -0.25) is 9.89 Å². The number of ether oxygens (including phenoxy) is 1. The Labute approximate surface area is 136 Å².